The molecule has 126 valence electrons. The fraction of sp³-hybridized carbons (Fsp3) is 0.529. The molecule has 1 heterocycles. The zero-order valence-electron chi connectivity index (χ0n) is 13.4. The van der Waals surface area contributed by atoms with E-state index in [1.807, 2.05) is 31.2 Å². The van der Waals surface area contributed by atoms with Gasteiger partial charge in [-0.15, -0.1) is 0 Å². The number of nitrogens with zero attached hydrogens (tertiary/aromatic N) is 1. The summed E-state index contributed by atoms with van der Waals surface area (Å²) in [4.78, 5) is 24.6. The summed E-state index contributed by atoms with van der Waals surface area (Å²) in [5.74, 6) is -0.0715. The van der Waals surface area contributed by atoms with Crippen molar-refractivity contribution in [2.24, 2.45) is 0 Å². The number of carboxylic acid groups (broad SMARTS) is 1. The van der Waals surface area contributed by atoms with E-state index >= 15 is 0 Å². The van der Waals surface area contributed by atoms with Gasteiger partial charge in [-0.2, -0.15) is 0 Å². The van der Waals surface area contributed by atoms with E-state index in [0.29, 0.717) is 39.1 Å². The van der Waals surface area contributed by atoms with Gasteiger partial charge in [0.25, 0.3) is 0 Å². The number of morpholine rings is 1. The number of carboxylic acids is 1. The number of carbonyl (C=O) groups excluding carboxylic acids is 1. The predicted molar refractivity (Wildman–Crippen MR) is 84.5 cm³/mol. The van der Waals surface area contributed by atoms with E-state index in [1.165, 1.54) is 0 Å². The number of rotatable bonds is 7. The Bertz CT molecular complexity index is 546. The first-order valence-electron chi connectivity index (χ1n) is 7.85. The first kappa shape index (κ1) is 17.3. The minimum Gasteiger partial charge on any atom is -0.494 e. The standard InChI is InChI=1S/C17H23NO5/c1-13-4-2-5-14(10-13)22-8-3-6-16(19)18-7-9-23-15(12-18)11-17(20)21/h2,4-5,10,15H,3,6-9,11-12H2,1H3,(H,20,21). The van der Waals surface area contributed by atoms with Crippen molar-refractivity contribution in [1.82, 2.24) is 4.90 Å². The Morgan fingerprint density at radius 2 is 2.26 bits per heavy atom. The normalized spacial score (nSPS) is 17.8. The van der Waals surface area contributed by atoms with E-state index in [9.17, 15) is 9.59 Å². The van der Waals surface area contributed by atoms with Crippen LogP contribution in [0.1, 0.15) is 24.8 Å². The van der Waals surface area contributed by atoms with Crippen LogP contribution in [0, 0.1) is 6.92 Å². The van der Waals surface area contributed by atoms with Gasteiger partial charge in [-0.05, 0) is 31.0 Å². The number of carbonyl (C=O) groups is 2. The predicted octanol–water partition coefficient (Wildman–Crippen LogP) is 1.86. The largest absolute Gasteiger partial charge is 0.494 e. The summed E-state index contributed by atoms with van der Waals surface area (Å²) in [5.41, 5.74) is 1.14. The molecule has 0 radical (unpaired) electrons. The van der Waals surface area contributed by atoms with Gasteiger partial charge >= 0.3 is 5.97 Å². The van der Waals surface area contributed by atoms with Crippen molar-refractivity contribution in [3.05, 3.63) is 29.8 Å². The molecule has 0 aliphatic carbocycles. The molecule has 1 aromatic rings. The van der Waals surface area contributed by atoms with Gasteiger partial charge < -0.3 is 19.5 Å². The van der Waals surface area contributed by atoms with Crippen molar-refractivity contribution in [2.45, 2.75) is 32.3 Å². The third-order valence-corrected chi connectivity index (χ3v) is 3.69. The lowest BCUT2D eigenvalue weighted by Crippen LogP contribution is -2.46. The Morgan fingerprint density at radius 3 is 3.00 bits per heavy atom. The lowest BCUT2D eigenvalue weighted by molar-refractivity contribution is -0.147. The molecule has 1 saturated heterocycles. The first-order chi connectivity index (χ1) is 11.0. The smallest absolute Gasteiger partial charge is 0.306 e. The summed E-state index contributed by atoms with van der Waals surface area (Å²) in [7, 11) is 0. The molecule has 0 aromatic heterocycles. The molecule has 0 spiro atoms. The lowest BCUT2D eigenvalue weighted by atomic mass is 10.2. The second kappa shape index (κ2) is 8.53. The SMILES string of the molecule is Cc1cccc(OCCCC(=O)N2CCOC(CC(=O)O)C2)c1. The van der Waals surface area contributed by atoms with E-state index in [-0.39, 0.29) is 12.3 Å². The van der Waals surface area contributed by atoms with E-state index in [2.05, 4.69) is 0 Å². The molecule has 1 unspecified atom stereocenters. The molecule has 6 heteroatoms. The van der Waals surface area contributed by atoms with Crippen LogP contribution < -0.4 is 4.74 Å². The monoisotopic (exact) mass is 321 g/mol. The molecular weight excluding hydrogens is 298 g/mol. The Labute approximate surface area is 136 Å². The molecule has 23 heavy (non-hydrogen) atoms. The van der Waals surface area contributed by atoms with Crippen molar-refractivity contribution in [1.29, 1.82) is 0 Å². The van der Waals surface area contributed by atoms with Gasteiger partial charge in [-0.25, -0.2) is 0 Å². The van der Waals surface area contributed by atoms with E-state index in [4.69, 9.17) is 14.6 Å². The van der Waals surface area contributed by atoms with Crippen LogP contribution in [0.15, 0.2) is 24.3 Å². The summed E-state index contributed by atoms with van der Waals surface area (Å²) < 4.78 is 11.0. The average Bonchev–Trinajstić information content (AvgIpc) is 2.51. The zero-order chi connectivity index (χ0) is 16.7. The molecule has 6 nitrogen and oxygen atoms in total. The van der Waals surface area contributed by atoms with Crippen molar-refractivity contribution in [2.75, 3.05) is 26.3 Å². The lowest BCUT2D eigenvalue weighted by Gasteiger charge is -2.32. The maximum atomic E-state index is 12.2. The van der Waals surface area contributed by atoms with E-state index < -0.39 is 12.1 Å². The molecule has 1 aliphatic rings. The minimum atomic E-state index is -0.907. The highest BCUT2D eigenvalue weighted by atomic mass is 16.5. The van der Waals surface area contributed by atoms with Gasteiger partial charge in [0.05, 0.1) is 25.7 Å². The van der Waals surface area contributed by atoms with Crippen LogP contribution >= 0.6 is 0 Å². The van der Waals surface area contributed by atoms with Crippen LogP contribution in [-0.2, 0) is 14.3 Å². The Hall–Kier alpha value is -2.08. The number of ether oxygens (including phenoxy) is 2. The van der Waals surface area contributed by atoms with Gasteiger partial charge in [0, 0.05) is 19.5 Å². The maximum absolute atomic E-state index is 12.2. The van der Waals surface area contributed by atoms with Crippen molar-refractivity contribution < 1.29 is 24.2 Å². The molecule has 1 aromatic carbocycles. The van der Waals surface area contributed by atoms with Crippen LogP contribution in [0.3, 0.4) is 0 Å². The molecule has 0 saturated carbocycles. The van der Waals surface area contributed by atoms with Crippen LogP contribution in [0.25, 0.3) is 0 Å². The summed E-state index contributed by atoms with van der Waals surface area (Å²) >= 11 is 0. The second-order valence-corrected chi connectivity index (χ2v) is 5.70. The van der Waals surface area contributed by atoms with Gasteiger partial charge in [0.1, 0.15) is 5.75 Å². The third-order valence-electron chi connectivity index (χ3n) is 3.69. The molecule has 1 aliphatic heterocycles. The number of benzene rings is 1. The summed E-state index contributed by atoms with van der Waals surface area (Å²) in [6, 6.07) is 7.79. The molecule has 0 bridgehead atoms. The summed E-state index contributed by atoms with van der Waals surface area (Å²) in [6.45, 7) is 3.75. The van der Waals surface area contributed by atoms with Crippen LogP contribution in [0.5, 0.6) is 5.75 Å². The number of amides is 1. The van der Waals surface area contributed by atoms with Crippen molar-refractivity contribution in [3.8, 4) is 5.75 Å². The fourth-order valence-electron chi connectivity index (χ4n) is 2.54. The zero-order valence-corrected chi connectivity index (χ0v) is 13.4. The van der Waals surface area contributed by atoms with Crippen molar-refractivity contribution in [3.63, 3.8) is 0 Å². The number of hydrogen-bond donors (Lipinski definition) is 1. The second-order valence-electron chi connectivity index (χ2n) is 5.70. The van der Waals surface area contributed by atoms with Gasteiger partial charge in [0.2, 0.25) is 5.91 Å². The van der Waals surface area contributed by atoms with Gasteiger partial charge in [-0.3, -0.25) is 9.59 Å². The number of hydrogen-bond acceptors (Lipinski definition) is 4. The molecule has 1 fully saturated rings. The molecule has 1 N–H and O–H groups in total. The number of aliphatic carboxylic acids is 1. The minimum absolute atomic E-state index is 0.0246. The Kier molecular flexibility index (Phi) is 6.40. The van der Waals surface area contributed by atoms with E-state index in [0.717, 1.165) is 11.3 Å². The highest BCUT2D eigenvalue weighted by molar-refractivity contribution is 5.76. The molecule has 1 amide bonds. The van der Waals surface area contributed by atoms with Crippen molar-refractivity contribution >= 4 is 11.9 Å². The maximum Gasteiger partial charge on any atom is 0.306 e. The number of aryl methyl sites for hydroxylation is 1. The topological polar surface area (TPSA) is 76.1 Å². The Balaban J connectivity index is 1.69. The van der Waals surface area contributed by atoms with Crippen LogP contribution in [0.4, 0.5) is 0 Å². The van der Waals surface area contributed by atoms with Gasteiger partial charge in [-0.1, -0.05) is 12.1 Å². The van der Waals surface area contributed by atoms with Crippen LogP contribution in [0.2, 0.25) is 0 Å². The summed E-state index contributed by atoms with van der Waals surface area (Å²) in [6.07, 6.45) is 0.549. The fourth-order valence-corrected chi connectivity index (χ4v) is 2.54. The van der Waals surface area contributed by atoms with Crippen LogP contribution in [-0.4, -0.2) is 54.3 Å². The molecule has 2 rings (SSSR count). The molecule has 1 atom stereocenters. The third kappa shape index (κ3) is 5.90. The molecular formula is C17H23NO5. The first-order valence-corrected chi connectivity index (χ1v) is 7.85. The highest BCUT2D eigenvalue weighted by Gasteiger charge is 2.25. The average molecular weight is 321 g/mol. The quantitative estimate of drug-likeness (QED) is 0.776. The van der Waals surface area contributed by atoms with Gasteiger partial charge in [0.15, 0.2) is 0 Å². The Morgan fingerprint density at radius 1 is 1.43 bits per heavy atom. The summed E-state index contributed by atoms with van der Waals surface area (Å²) in [5, 5.41) is 8.79. The van der Waals surface area contributed by atoms with E-state index in [1.54, 1.807) is 4.90 Å². The highest BCUT2D eigenvalue weighted by Crippen LogP contribution is 2.14.